The number of hydrogen-bond donors (Lipinski definition) is 1. The second-order valence-corrected chi connectivity index (χ2v) is 6.06. The smallest absolute Gasteiger partial charge is 0.165 e. The molecule has 106 valence electrons. The van der Waals surface area contributed by atoms with Gasteiger partial charge in [0.2, 0.25) is 0 Å². The predicted octanol–water partition coefficient (Wildman–Crippen LogP) is 4.57. The lowest BCUT2D eigenvalue weighted by molar-refractivity contribution is 0.616. The Hall–Kier alpha value is -1.88. The van der Waals surface area contributed by atoms with Crippen LogP contribution in [0, 0.1) is 0 Å². The highest BCUT2D eigenvalue weighted by Crippen LogP contribution is 2.44. The number of benzene rings is 1. The van der Waals surface area contributed by atoms with E-state index in [0.717, 1.165) is 38.3 Å². The van der Waals surface area contributed by atoms with E-state index in [4.69, 9.17) is 9.40 Å². The first-order chi connectivity index (χ1) is 10.3. The average molecular weight is 344 g/mol. The van der Waals surface area contributed by atoms with Crippen LogP contribution in [-0.4, -0.2) is 17.0 Å². The van der Waals surface area contributed by atoms with Crippen LogP contribution >= 0.6 is 15.9 Å². The van der Waals surface area contributed by atoms with Crippen molar-refractivity contribution in [3.8, 4) is 11.4 Å². The Kier molecular flexibility index (Phi) is 2.96. The minimum atomic E-state index is 0.548. The summed E-state index contributed by atoms with van der Waals surface area (Å²) in [7, 11) is 1.88. The van der Waals surface area contributed by atoms with E-state index in [9.17, 15) is 0 Å². The van der Waals surface area contributed by atoms with Gasteiger partial charge in [-0.2, -0.15) is 0 Å². The van der Waals surface area contributed by atoms with Crippen molar-refractivity contribution in [3.63, 3.8) is 0 Å². The van der Waals surface area contributed by atoms with E-state index in [-0.39, 0.29) is 0 Å². The third kappa shape index (κ3) is 2.12. The van der Waals surface area contributed by atoms with E-state index < -0.39 is 0 Å². The highest BCUT2D eigenvalue weighted by Gasteiger charge is 2.29. The summed E-state index contributed by atoms with van der Waals surface area (Å²) < 4.78 is 6.59. The van der Waals surface area contributed by atoms with Gasteiger partial charge in [-0.05, 0) is 34.8 Å². The Bertz CT molecular complexity index is 824. The van der Waals surface area contributed by atoms with Crippen molar-refractivity contribution < 1.29 is 4.42 Å². The van der Waals surface area contributed by atoms with Crippen LogP contribution < -0.4 is 5.32 Å². The van der Waals surface area contributed by atoms with Crippen LogP contribution in [0.2, 0.25) is 0 Å². The van der Waals surface area contributed by atoms with Crippen LogP contribution in [-0.2, 0) is 0 Å². The van der Waals surface area contributed by atoms with Crippen molar-refractivity contribution in [2.45, 2.75) is 18.8 Å². The van der Waals surface area contributed by atoms with Crippen molar-refractivity contribution in [2.75, 3.05) is 12.4 Å². The van der Waals surface area contributed by atoms with Crippen LogP contribution in [0.25, 0.3) is 22.4 Å². The zero-order valence-electron chi connectivity index (χ0n) is 11.6. The molecule has 1 aliphatic rings. The predicted molar refractivity (Wildman–Crippen MR) is 86.5 cm³/mol. The number of para-hydroxylation sites is 1. The fraction of sp³-hybridized carbons (Fsp3) is 0.250. The monoisotopic (exact) mass is 343 g/mol. The maximum Gasteiger partial charge on any atom is 0.165 e. The van der Waals surface area contributed by atoms with Crippen molar-refractivity contribution in [2.24, 2.45) is 0 Å². The van der Waals surface area contributed by atoms with Crippen LogP contribution in [0.3, 0.4) is 0 Å². The van der Waals surface area contributed by atoms with Gasteiger partial charge >= 0.3 is 0 Å². The Labute approximate surface area is 130 Å². The summed E-state index contributed by atoms with van der Waals surface area (Å²) in [4.78, 5) is 9.40. The second-order valence-electron chi connectivity index (χ2n) is 5.26. The molecule has 2 aromatic heterocycles. The van der Waals surface area contributed by atoms with Gasteiger partial charge in [0.25, 0.3) is 0 Å². The summed E-state index contributed by atoms with van der Waals surface area (Å²) in [5.74, 6) is 2.09. The molecule has 0 aliphatic heterocycles. The van der Waals surface area contributed by atoms with Gasteiger partial charge in [0.15, 0.2) is 5.82 Å². The van der Waals surface area contributed by atoms with Crippen LogP contribution in [0.5, 0.6) is 0 Å². The summed E-state index contributed by atoms with van der Waals surface area (Å²) in [6.45, 7) is 0. The van der Waals surface area contributed by atoms with Gasteiger partial charge in [-0.15, -0.1) is 0 Å². The number of furan rings is 1. The molecule has 0 radical (unpaired) electrons. The number of fused-ring (bicyclic) bond motifs is 1. The lowest BCUT2D eigenvalue weighted by Crippen LogP contribution is -2.02. The van der Waals surface area contributed by atoms with E-state index in [1.54, 1.807) is 6.26 Å². The number of halogens is 1. The molecule has 0 saturated heterocycles. The first kappa shape index (κ1) is 12.8. The molecule has 1 N–H and O–H groups in total. The standard InChI is InChI=1S/C16H14BrN3O/c1-18-16-13(17)14(9-6-7-9)19-15(20-16)11-8-21-12-5-3-2-4-10(11)12/h2-5,8-9H,6-7H2,1H3,(H,18,19,20). The van der Waals surface area contributed by atoms with Gasteiger partial charge in [-0.1, -0.05) is 18.2 Å². The molecule has 21 heavy (non-hydrogen) atoms. The fourth-order valence-corrected chi connectivity index (χ4v) is 3.23. The molecule has 2 heterocycles. The van der Waals surface area contributed by atoms with E-state index in [1.807, 2.05) is 31.3 Å². The lowest BCUT2D eigenvalue weighted by Gasteiger charge is -2.10. The molecule has 0 bridgehead atoms. The van der Waals surface area contributed by atoms with Crippen LogP contribution in [0.15, 0.2) is 39.4 Å². The minimum Gasteiger partial charge on any atom is -0.464 e. The maximum atomic E-state index is 5.61. The highest BCUT2D eigenvalue weighted by atomic mass is 79.9. The van der Waals surface area contributed by atoms with Gasteiger partial charge in [-0.25, -0.2) is 9.97 Å². The number of hydrogen-bond acceptors (Lipinski definition) is 4. The summed E-state index contributed by atoms with van der Waals surface area (Å²) in [6, 6.07) is 7.96. The molecule has 5 heteroatoms. The number of nitrogens with zero attached hydrogens (tertiary/aromatic N) is 2. The van der Waals surface area contributed by atoms with Gasteiger partial charge < -0.3 is 9.73 Å². The Morgan fingerprint density at radius 1 is 1.24 bits per heavy atom. The van der Waals surface area contributed by atoms with E-state index in [2.05, 4.69) is 26.2 Å². The van der Waals surface area contributed by atoms with Gasteiger partial charge in [0.05, 0.1) is 15.7 Å². The molecule has 0 unspecified atom stereocenters. The number of nitrogens with one attached hydrogen (secondary N) is 1. The molecule has 0 atom stereocenters. The molecule has 1 fully saturated rings. The summed E-state index contributed by atoms with van der Waals surface area (Å²) in [6.07, 6.45) is 4.14. The molecule has 1 aliphatic carbocycles. The molecule has 4 rings (SSSR count). The Balaban J connectivity index is 1.93. The molecular formula is C16H14BrN3O. The quantitative estimate of drug-likeness (QED) is 0.756. The highest BCUT2D eigenvalue weighted by molar-refractivity contribution is 9.10. The van der Waals surface area contributed by atoms with E-state index in [1.165, 1.54) is 12.8 Å². The largest absolute Gasteiger partial charge is 0.464 e. The van der Waals surface area contributed by atoms with Gasteiger partial charge in [0.1, 0.15) is 17.7 Å². The average Bonchev–Trinajstić information content (AvgIpc) is 3.27. The Morgan fingerprint density at radius 3 is 2.81 bits per heavy atom. The summed E-state index contributed by atoms with van der Waals surface area (Å²) in [5, 5.41) is 4.19. The molecular weight excluding hydrogens is 330 g/mol. The van der Waals surface area contributed by atoms with Crippen molar-refractivity contribution in [1.82, 2.24) is 9.97 Å². The SMILES string of the molecule is CNc1nc(-c2coc3ccccc23)nc(C2CC2)c1Br. The third-order valence-corrected chi connectivity index (χ3v) is 4.58. The first-order valence-electron chi connectivity index (χ1n) is 6.99. The Morgan fingerprint density at radius 2 is 2.05 bits per heavy atom. The molecule has 1 aromatic carbocycles. The number of anilines is 1. The third-order valence-electron chi connectivity index (χ3n) is 3.80. The molecule has 0 amide bonds. The minimum absolute atomic E-state index is 0.548. The summed E-state index contributed by atoms with van der Waals surface area (Å²) in [5.41, 5.74) is 2.89. The molecule has 0 spiro atoms. The first-order valence-corrected chi connectivity index (χ1v) is 7.79. The molecule has 1 saturated carbocycles. The van der Waals surface area contributed by atoms with Crippen molar-refractivity contribution in [1.29, 1.82) is 0 Å². The van der Waals surface area contributed by atoms with Gasteiger partial charge in [0, 0.05) is 18.4 Å². The van der Waals surface area contributed by atoms with E-state index in [0.29, 0.717) is 5.92 Å². The maximum absolute atomic E-state index is 5.61. The van der Waals surface area contributed by atoms with Crippen LogP contribution in [0.4, 0.5) is 5.82 Å². The molecule has 3 aromatic rings. The van der Waals surface area contributed by atoms with Crippen LogP contribution in [0.1, 0.15) is 24.5 Å². The van der Waals surface area contributed by atoms with E-state index >= 15 is 0 Å². The zero-order chi connectivity index (χ0) is 14.4. The van der Waals surface area contributed by atoms with Crippen molar-refractivity contribution in [3.05, 3.63) is 40.7 Å². The van der Waals surface area contributed by atoms with Gasteiger partial charge in [-0.3, -0.25) is 0 Å². The summed E-state index contributed by atoms with van der Waals surface area (Å²) >= 11 is 3.62. The topological polar surface area (TPSA) is 51.0 Å². The number of aromatic nitrogens is 2. The normalized spacial score (nSPS) is 14.6. The fourth-order valence-electron chi connectivity index (χ4n) is 2.53. The lowest BCUT2D eigenvalue weighted by atomic mass is 10.1. The zero-order valence-corrected chi connectivity index (χ0v) is 13.1. The number of rotatable bonds is 3. The second kappa shape index (κ2) is 4.84. The van der Waals surface area contributed by atoms with Crippen molar-refractivity contribution >= 4 is 32.7 Å². The molecule has 4 nitrogen and oxygen atoms in total.